The second-order valence-electron chi connectivity index (χ2n) is 3.88. The summed E-state index contributed by atoms with van der Waals surface area (Å²) in [6.07, 6.45) is 1.57. The van der Waals surface area contributed by atoms with Crippen molar-refractivity contribution in [1.82, 2.24) is 4.98 Å². The van der Waals surface area contributed by atoms with Crippen molar-refractivity contribution in [3.63, 3.8) is 0 Å². The molecule has 0 bridgehead atoms. The van der Waals surface area contributed by atoms with Crippen LogP contribution < -0.4 is 5.32 Å². The van der Waals surface area contributed by atoms with Gasteiger partial charge in [0.25, 0.3) is 5.69 Å². The van der Waals surface area contributed by atoms with Gasteiger partial charge in [0.15, 0.2) is 5.78 Å². The number of benzene rings is 1. The van der Waals surface area contributed by atoms with E-state index in [0.717, 1.165) is 0 Å². The van der Waals surface area contributed by atoms with Crippen LogP contribution in [0.15, 0.2) is 42.6 Å². The number of non-ortho nitro benzene ring substituents is 1. The summed E-state index contributed by atoms with van der Waals surface area (Å²) in [7, 11) is 0. The first-order valence-corrected chi connectivity index (χ1v) is 5.55. The minimum absolute atomic E-state index is 0.0124. The molecule has 6 nitrogen and oxygen atoms in total. The average molecular weight is 257 g/mol. The number of nitro benzene ring substituents is 1. The van der Waals surface area contributed by atoms with Crippen LogP contribution in [0.4, 0.5) is 17.2 Å². The van der Waals surface area contributed by atoms with E-state index >= 15 is 0 Å². The van der Waals surface area contributed by atoms with E-state index in [9.17, 15) is 14.9 Å². The van der Waals surface area contributed by atoms with E-state index in [4.69, 9.17) is 0 Å². The Morgan fingerprint density at radius 3 is 2.53 bits per heavy atom. The van der Waals surface area contributed by atoms with Crippen LogP contribution in [0.1, 0.15) is 17.3 Å². The molecular formula is C13H11N3O3. The van der Waals surface area contributed by atoms with E-state index in [0.29, 0.717) is 17.1 Å². The number of ketones is 1. The number of nitrogens with zero attached hydrogens (tertiary/aromatic N) is 2. The summed E-state index contributed by atoms with van der Waals surface area (Å²) in [5.41, 5.74) is 1.12. The molecule has 0 saturated heterocycles. The van der Waals surface area contributed by atoms with Crippen LogP contribution in [0, 0.1) is 10.1 Å². The number of carbonyl (C=O) groups excluding carboxylic acids is 1. The van der Waals surface area contributed by atoms with Gasteiger partial charge in [0.05, 0.1) is 10.5 Å². The predicted molar refractivity (Wildman–Crippen MR) is 70.6 cm³/mol. The summed E-state index contributed by atoms with van der Waals surface area (Å²) in [6.45, 7) is 1.46. The molecule has 0 unspecified atom stereocenters. The lowest BCUT2D eigenvalue weighted by Gasteiger charge is -2.08. The molecule has 0 saturated carbocycles. The van der Waals surface area contributed by atoms with Gasteiger partial charge in [-0.2, -0.15) is 0 Å². The fourth-order valence-corrected chi connectivity index (χ4v) is 1.59. The zero-order valence-electron chi connectivity index (χ0n) is 10.2. The van der Waals surface area contributed by atoms with Gasteiger partial charge in [-0.1, -0.05) is 0 Å². The first-order valence-electron chi connectivity index (χ1n) is 5.55. The van der Waals surface area contributed by atoms with Crippen LogP contribution in [0.5, 0.6) is 0 Å². The number of aromatic nitrogens is 1. The molecule has 0 fully saturated rings. The maximum Gasteiger partial charge on any atom is 0.269 e. The van der Waals surface area contributed by atoms with Gasteiger partial charge in [-0.05, 0) is 31.2 Å². The summed E-state index contributed by atoms with van der Waals surface area (Å²) >= 11 is 0. The standard InChI is InChI=1S/C13H11N3O3/c1-9(17)12-3-2-8-14-13(12)15-10-4-6-11(7-5-10)16(18)19/h2-8H,1H3,(H,14,15). The first kappa shape index (κ1) is 12.7. The van der Waals surface area contributed by atoms with E-state index in [1.807, 2.05) is 0 Å². The van der Waals surface area contributed by atoms with Crippen molar-refractivity contribution in [3.8, 4) is 0 Å². The fraction of sp³-hybridized carbons (Fsp3) is 0.0769. The minimum Gasteiger partial charge on any atom is -0.340 e. The first-order chi connectivity index (χ1) is 9.08. The molecule has 0 atom stereocenters. The highest BCUT2D eigenvalue weighted by atomic mass is 16.6. The number of pyridine rings is 1. The van der Waals surface area contributed by atoms with Gasteiger partial charge in [0.2, 0.25) is 0 Å². The van der Waals surface area contributed by atoms with Crippen molar-refractivity contribution >= 4 is 23.0 Å². The molecule has 19 heavy (non-hydrogen) atoms. The number of carbonyl (C=O) groups is 1. The molecular weight excluding hydrogens is 246 g/mol. The molecule has 0 aliphatic carbocycles. The summed E-state index contributed by atoms with van der Waals surface area (Å²) in [5.74, 6) is 0.335. The highest BCUT2D eigenvalue weighted by molar-refractivity contribution is 5.99. The molecule has 1 N–H and O–H groups in total. The Kier molecular flexibility index (Phi) is 3.51. The lowest BCUT2D eigenvalue weighted by atomic mass is 10.2. The van der Waals surface area contributed by atoms with E-state index < -0.39 is 4.92 Å². The third-order valence-corrected chi connectivity index (χ3v) is 2.53. The molecule has 1 aromatic heterocycles. The molecule has 6 heteroatoms. The molecule has 96 valence electrons. The Bertz CT molecular complexity index is 623. The van der Waals surface area contributed by atoms with Gasteiger partial charge in [-0.3, -0.25) is 14.9 Å². The number of nitrogens with one attached hydrogen (secondary N) is 1. The van der Waals surface area contributed by atoms with E-state index in [1.165, 1.54) is 19.1 Å². The van der Waals surface area contributed by atoms with Gasteiger partial charge in [0, 0.05) is 24.0 Å². The Morgan fingerprint density at radius 2 is 1.95 bits per heavy atom. The molecule has 0 amide bonds. The van der Waals surface area contributed by atoms with Crippen LogP contribution in [0.3, 0.4) is 0 Å². The molecule has 2 aromatic rings. The lowest BCUT2D eigenvalue weighted by molar-refractivity contribution is -0.384. The maximum atomic E-state index is 11.4. The highest BCUT2D eigenvalue weighted by Gasteiger charge is 2.09. The van der Waals surface area contributed by atoms with Crippen LogP contribution >= 0.6 is 0 Å². The van der Waals surface area contributed by atoms with Crippen molar-refractivity contribution in [2.24, 2.45) is 0 Å². The minimum atomic E-state index is -0.467. The van der Waals surface area contributed by atoms with Crippen molar-refractivity contribution in [1.29, 1.82) is 0 Å². The van der Waals surface area contributed by atoms with Crippen molar-refractivity contribution in [2.45, 2.75) is 6.92 Å². The largest absolute Gasteiger partial charge is 0.340 e. The zero-order chi connectivity index (χ0) is 13.8. The maximum absolute atomic E-state index is 11.4. The van der Waals surface area contributed by atoms with Gasteiger partial charge >= 0.3 is 0 Å². The topological polar surface area (TPSA) is 85.1 Å². The monoisotopic (exact) mass is 257 g/mol. The third kappa shape index (κ3) is 2.92. The number of hydrogen-bond acceptors (Lipinski definition) is 5. The normalized spacial score (nSPS) is 9.95. The van der Waals surface area contributed by atoms with Crippen LogP contribution in [-0.2, 0) is 0 Å². The second kappa shape index (κ2) is 5.26. The van der Waals surface area contributed by atoms with E-state index in [2.05, 4.69) is 10.3 Å². The van der Waals surface area contributed by atoms with Crippen molar-refractivity contribution in [3.05, 3.63) is 58.3 Å². The van der Waals surface area contributed by atoms with Crippen molar-refractivity contribution in [2.75, 3.05) is 5.32 Å². The van der Waals surface area contributed by atoms with E-state index in [-0.39, 0.29) is 11.5 Å². The van der Waals surface area contributed by atoms with Crippen LogP contribution in [0.2, 0.25) is 0 Å². The average Bonchev–Trinajstić information content (AvgIpc) is 2.39. The molecule has 0 spiro atoms. The number of nitro groups is 1. The Morgan fingerprint density at radius 1 is 1.26 bits per heavy atom. The number of anilines is 2. The van der Waals surface area contributed by atoms with Gasteiger partial charge in [0.1, 0.15) is 5.82 Å². The third-order valence-electron chi connectivity index (χ3n) is 2.53. The molecule has 0 aliphatic heterocycles. The predicted octanol–water partition coefficient (Wildman–Crippen LogP) is 2.94. The fourth-order valence-electron chi connectivity index (χ4n) is 1.59. The zero-order valence-corrected chi connectivity index (χ0v) is 10.2. The quantitative estimate of drug-likeness (QED) is 0.517. The smallest absolute Gasteiger partial charge is 0.269 e. The summed E-state index contributed by atoms with van der Waals surface area (Å²) < 4.78 is 0. The SMILES string of the molecule is CC(=O)c1cccnc1Nc1ccc([N+](=O)[O-])cc1. The summed E-state index contributed by atoms with van der Waals surface area (Å²) in [6, 6.07) is 9.26. The molecule has 0 radical (unpaired) electrons. The van der Waals surface area contributed by atoms with E-state index in [1.54, 1.807) is 30.5 Å². The Hall–Kier alpha value is -2.76. The molecule has 1 heterocycles. The van der Waals surface area contributed by atoms with Gasteiger partial charge < -0.3 is 5.32 Å². The number of rotatable bonds is 4. The summed E-state index contributed by atoms with van der Waals surface area (Å²) in [4.78, 5) is 25.6. The summed E-state index contributed by atoms with van der Waals surface area (Å²) in [5, 5.41) is 13.5. The van der Waals surface area contributed by atoms with Crippen LogP contribution in [0.25, 0.3) is 0 Å². The number of hydrogen-bond donors (Lipinski definition) is 1. The molecule has 1 aromatic carbocycles. The second-order valence-corrected chi connectivity index (χ2v) is 3.88. The van der Waals surface area contributed by atoms with Crippen molar-refractivity contribution < 1.29 is 9.72 Å². The van der Waals surface area contributed by atoms with Crippen LogP contribution in [-0.4, -0.2) is 15.7 Å². The molecule has 2 rings (SSSR count). The molecule has 0 aliphatic rings. The van der Waals surface area contributed by atoms with Gasteiger partial charge in [-0.25, -0.2) is 4.98 Å². The Labute approximate surface area is 109 Å². The lowest BCUT2D eigenvalue weighted by Crippen LogP contribution is -2.02. The number of Topliss-reactive ketones (excluding diaryl/α,β-unsaturated/α-hetero) is 1. The highest BCUT2D eigenvalue weighted by Crippen LogP contribution is 2.21. The van der Waals surface area contributed by atoms with Gasteiger partial charge in [-0.15, -0.1) is 0 Å². The Balaban J connectivity index is 2.26.